The molecule has 15 rings (SSSR count). The molecule has 2 unspecified atom stereocenters. The van der Waals surface area contributed by atoms with Crippen molar-refractivity contribution in [3.8, 4) is 72.8 Å². The van der Waals surface area contributed by atoms with E-state index >= 15 is 0 Å². The van der Waals surface area contributed by atoms with Gasteiger partial charge in [-0.15, -0.1) is 41.7 Å². The molecule has 7 nitrogen and oxygen atoms in total. The van der Waals surface area contributed by atoms with Crippen LogP contribution in [-0.4, -0.2) is 66.0 Å². The third kappa shape index (κ3) is 18.0. The van der Waals surface area contributed by atoms with Gasteiger partial charge >= 0.3 is 0 Å². The number of anilines is 3. The van der Waals surface area contributed by atoms with E-state index in [1.807, 2.05) is 52.1 Å². The van der Waals surface area contributed by atoms with Crippen LogP contribution < -0.4 is 4.90 Å². The van der Waals surface area contributed by atoms with E-state index in [9.17, 15) is 10.2 Å². The van der Waals surface area contributed by atoms with Gasteiger partial charge in [0, 0.05) is 71.1 Å². The number of aliphatic hydroxyl groups excluding tert-OH is 2. The van der Waals surface area contributed by atoms with Gasteiger partial charge < -0.3 is 29.8 Å². The first-order chi connectivity index (χ1) is 49.8. The normalized spacial score (nSPS) is 11.8. The molecular formula is C92H84B3IrN5O2P-. The Kier molecular flexibility index (Phi) is 24.7. The van der Waals surface area contributed by atoms with Crippen LogP contribution >= 0.6 is 6.81 Å². The van der Waals surface area contributed by atoms with Gasteiger partial charge in [-0.2, -0.15) is 0 Å². The van der Waals surface area contributed by atoms with Gasteiger partial charge in [-0.05, 0) is 159 Å². The molecule has 0 fully saturated rings. The summed E-state index contributed by atoms with van der Waals surface area (Å²) >= 11 is 0. The number of nitrogens with zero attached hydrogens (tertiary/aromatic N) is 4. The van der Waals surface area contributed by atoms with Gasteiger partial charge in [-0.3, -0.25) is 4.98 Å². The summed E-state index contributed by atoms with van der Waals surface area (Å²) < 4.78 is 2.37. The number of hydrogen-bond donors (Lipinski definition) is 3. The van der Waals surface area contributed by atoms with Crippen LogP contribution in [0.1, 0.15) is 56.4 Å². The van der Waals surface area contributed by atoms with E-state index in [2.05, 4.69) is 316 Å². The first kappa shape index (κ1) is 75.2. The standard InChI is InChI=1S/C56H38N2.C26H23N2.C9H20O2.CH3B3NP.Ir/c1-2-16-45(17-3-1)58-55-23-9-8-20-53(55)54-38-44(30-37-56(54)58)39-24-31-46(32-25-39)57(47-33-26-42(27-34-47)51-21-10-14-40-12-4-6-18-49(40)51)48-35-28-43(29-36-48)52-22-11-15-41-13-5-7-19-50(41)52;1-17-10-18(2)13-22(12-17)25-26(23-14-19(3)11-20(4)15-23)28-24(16-27-25)21-8-6-5-7-9-21;1-6(2)8(10)5-9(11)7(3)4;2-1-6(3,4)5;/h1-38H;5-12,14-16H,1-4H3;6-11H,5H2,1-4H3;5H,1H2;/q;-1;;;. The minimum Gasteiger partial charge on any atom is -0.393 e. The number of para-hydroxylation sites is 2. The SMILES string of the molecule is CC(C)C(O)CC(O)C(C)C.Cc1[c-]c(-c2ncc(-c3ccccc3)nc2-c2cc(C)cc(C)c2)cc(C)c1.[B]CP([B])([B])=N.[Ir].c1ccc(-n2c3ccccc3c3cc(-c4ccc(N(c5ccc(-c6cccc7ccccc67)cc5)c5ccc(-c6cccc7ccccc67)cc5)cc4)ccc32)cc1. The molecule has 0 spiro atoms. The molecule has 0 aliphatic carbocycles. The number of aromatic nitrogens is 3. The maximum absolute atomic E-state index is 9.39. The zero-order valence-electron chi connectivity index (χ0n) is 60.2. The molecule has 0 aliphatic rings. The van der Waals surface area contributed by atoms with Crippen molar-refractivity contribution in [2.24, 2.45) is 11.8 Å². The fourth-order valence-electron chi connectivity index (χ4n) is 13.3. The fourth-order valence-corrected chi connectivity index (χ4v) is 13.3. The molecule has 2 atom stereocenters. The molecule has 12 heteroatoms. The van der Waals surface area contributed by atoms with E-state index in [0.29, 0.717) is 6.42 Å². The Labute approximate surface area is 631 Å². The number of fused-ring (bicyclic) bond motifs is 5. The van der Waals surface area contributed by atoms with Crippen LogP contribution in [0.15, 0.2) is 297 Å². The summed E-state index contributed by atoms with van der Waals surface area (Å²) in [6, 6.07) is 108. The van der Waals surface area contributed by atoms with Crippen molar-refractivity contribution in [2.75, 3.05) is 11.0 Å². The summed E-state index contributed by atoms with van der Waals surface area (Å²) in [7, 11) is 14.8. The second kappa shape index (κ2) is 34.1. The summed E-state index contributed by atoms with van der Waals surface area (Å²) in [4.78, 5) is 12.3. The molecule has 2 heterocycles. The van der Waals surface area contributed by atoms with E-state index in [0.717, 1.165) is 56.4 Å². The summed E-state index contributed by atoms with van der Waals surface area (Å²) in [6.45, 7) is 13.9. The first-order valence-electron chi connectivity index (χ1n) is 35.2. The second-order valence-corrected chi connectivity index (χ2v) is 29.6. The minimum atomic E-state index is -2.37. The number of aryl methyl sites for hydroxylation is 4. The fraction of sp³-hybridized carbons (Fsp3) is 0.152. The molecular weight excluding hydrogens is 1460 g/mol. The first-order valence-corrected chi connectivity index (χ1v) is 37.3. The molecule has 0 saturated carbocycles. The van der Waals surface area contributed by atoms with Crippen molar-refractivity contribution in [1.82, 2.24) is 14.5 Å². The van der Waals surface area contributed by atoms with E-state index in [1.54, 1.807) is 0 Å². The van der Waals surface area contributed by atoms with Gasteiger partial charge in [0.25, 0.3) is 0 Å². The Morgan fingerprint density at radius 3 is 1.39 bits per heavy atom. The van der Waals surface area contributed by atoms with E-state index < -0.39 is 6.81 Å². The van der Waals surface area contributed by atoms with Crippen molar-refractivity contribution in [2.45, 2.75) is 74.0 Å². The minimum absolute atomic E-state index is 0. The molecule has 3 N–H and O–H groups in total. The van der Waals surface area contributed by atoms with Crippen LogP contribution in [0, 0.1) is 50.8 Å². The number of nitrogens with one attached hydrogen (secondary N) is 1. The van der Waals surface area contributed by atoms with Crippen LogP contribution in [0.5, 0.6) is 0 Å². The average Bonchev–Trinajstić information content (AvgIpc) is 1.61. The van der Waals surface area contributed by atoms with Crippen LogP contribution in [0.4, 0.5) is 17.1 Å². The van der Waals surface area contributed by atoms with Crippen molar-refractivity contribution in [1.29, 1.82) is 5.16 Å². The second-order valence-electron chi connectivity index (χ2n) is 27.4. The van der Waals surface area contributed by atoms with Crippen molar-refractivity contribution >= 4 is 90.2 Å². The number of benzene rings is 13. The number of rotatable bonds is 15. The smallest absolute Gasteiger partial charge is 0.119 e. The van der Waals surface area contributed by atoms with Gasteiger partial charge in [0.05, 0.1) is 42.5 Å². The third-order valence-corrected chi connectivity index (χ3v) is 19.3. The number of hydrogen-bond acceptors (Lipinski definition) is 6. The van der Waals surface area contributed by atoms with Crippen LogP contribution in [0.25, 0.3) is 116 Å². The van der Waals surface area contributed by atoms with Gasteiger partial charge in [0.1, 0.15) is 15.1 Å². The van der Waals surface area contributed by atoms with E-state index in [4.69, 9.17) is 38.1 Å². The van der Waals surface area contributed by atoms with Gasteiger partial charge in [0.2, 0.25) is 0 Å². The maximum Gasteiger partial charge on any atom is 0.119 e. The average molecular weight is 1550 g/mol. The molecule has 2 aromatic heterocycles. The van der Waals surface area contributed by atoms with Crippen LogP contribution in [0.3, 0.4) is 0 Å². The topological polar surface area (TPSA) is 98.3 Å². The third-order valence-electron chi connectivity index (χ3n) is 18.7. The Hall–Kier alpha value is -9.95. The van der Waals surface area contributed by atoms with Crippen molar-refractivity contribution in [3.05, 3.63) is 326 Å². The molecule has 104 heavy (non-hydrogen) atoms. The Bertz CT molecular complexity index is 5270. The van der Waals surface area contributed by atoms with E-state index in [1.165, 1.54) is 99.1 Å². The molecule has 0 amide bonds. The summed E-state index contributed by atoms with van der Waals surface area (Å²) in [5, 5.41) is 33.0. The predicted octanol–water partition coefficient (Wildman–Crippen LogP) is 23.5. The zero-order valence-corrected chi connectivity index (χ0v) is 63.5. The molecule has 15 aromatic rings. The van der Waals surface area contributed by atoms with Gasteiger partial charge in [-0.1, -0.05) is 271 Å². The van der Waals surface area contributed by atoms with Gasteiger partial charge in [-0.25, -0.2) is 0 Å². The van der Waals surface area contributed by atoms with Crippen LogP contribution in [-0.2, 0) is 20.1 Å². The quantitative estimate of drug-likeness (QED) is 0.0540. The summed E-state index contributed by atoms with van der Waals surface area (Å²) in [5.41, 5.74) is 24.7. The van der Waals surface area contributed by atoms with Crippen LogP contribution in [0.2, 0.25) is 0 Å². The Morgan fingerprint density at radius 1 is 0.442 bits per heavy atom. The molecule has 7 radical (unpaired) electrons. The van der Waals surface area contributed by atoms with E-state index in [-0.39, 0.29) is 50.2 Å². The summed E-state index contributed by atoms with van der Waals surface area (Å²) in [6.07, 6.45) is 1.62. The largest absolute Gasteiger partial charge is 0.393 e. The molecule has 0 aliphatic heterocycles. The maximum atomic E-state index is 9.39. The Morgan fingerprint density at radius 2 is 0.885 bits per heavy atom. The summed E-state index contributed by atoms with van der Waals surface area (Å²) in [5.74, 6) is 0.479. The zero-order chi connectivity index (χ0) is 72.3. The van der Waals surface area contributed by atoms with Crippen molar-refractivity contribution < 1.29 is 30.3 Å². The molecule has 13 aromatic carbocycles. The van der Waals surface area contributed by atoms with Crippen molar-refractivity contribution in [3.63, 3.8) is 0 Å². The molecule has 0 saturated heterocycles. The predicted molar refractivity (Wildman–Crippen MR) is 441 cm³/mol. The molecule has 0 bridgehead atoms. The number of aliphatic hydroxyl groups is 2. The monoisotopic (exact) mass is 1550 g/mol. The van der Waals surface area contributed by atoms with Gasteiger partial charge in [0.15, 0.2) is 0 Å². The molecule has 513 valence electrons. The Balaban J connectivity index is 0.000000194.